The maximum atomic E-state index is 13.6. The first-order valence-corrected chi connectivity index (χ1v) is 11.8. The number of piperazine rings is 1. The van der Waals surface area contributed by atoms with Crippen molar-refractivity contribution in [3.05, 3.63) is 66.4 Å². The van der Waals surface area contributed by atoms with Crippen LogP contribution in [0.25, 0.3) is 17.1 Å². The van der Waals surface area contributed by atoms with Gasteiger partial charge in [0, 0.05) is 55.9 Å². The fourth-order valence-electron chi connectivity index (χ4n) is 4.32. The van der Waals surface area contributed by atoms with Crippen molar-refractivity contribution >= 4 is 17.4 Å². The van der Waals surface area contributed by atoms with E-state index in [0.29, 0.717) is 36.0 Å². The van der Waals surface area contributed by atoms with Crippen molar-refractivity contribution in [2.45, 2.75) is 32.9 Å². The Morgan fingerprint density at radius 2 is 1.83 bits per heavy atom. The van der Waals surface area contributed by atoms with Gasteiger partial charge in [0.25, 0.3) is 5.89 Å². The Morgan fingerprint density at radius 3 is 2.50 bits per heavy atom. The average molecular weight is 496 g/mol. The van der Waals surface area contributed by atoms with Crippen LogP contribution in [0.1, 0.15) is 31.9 Å². The van der Waals surface area contributed by atoms with Gasteiger partial charge in [0.2, 0.25) is 5.89 Å². The second-order valence-corrected chi connectivity index (χ2v) is 8.98. The Balaban J connectivity index is 1.39. The number of hydrogen-bond acceptors (Lipinski definition) is 6. The molecule has 4 heterocycles. The van der Waals surface area contributed by atoms with E-state index in [0.717, 1.165) is 18.8 Å². The van der Waals surface area contributed by atoms with E-state index in [2.05, 4.69) is 33.9 Å². The molecule has 1 aromatic carbocycles. The van der Waals surface area contributed by atoms with Crippen LogP contribution >= 0.6 is 0 Å². The Bertz CT molecular complexity index is 1330. The summed E-state index contributed by atoms with van der Waals surface area (Å²) in [5, 5.41) is 7.09. The number of benzene rings is 1. The summed E-state index contributed by atoms with van der Waals surface area (Å²) in [5.41, 5.74) is 2.53. The molecule has 0 N–H and O–H groups in total. The van der Waals surface area contributed by atoms with Crippen molar-refractivity contribution in [2.24, 2.45) is 0 Å². The molecule has 0 bridgehead atoms. The van der Waals surface area contributed by atoms with Crippen LogP contribution in [0.2, 0.25) is 0 Å². The normalized spacial score (nSPS) is 14.8. The number of para-hydroxylation sites is 1. The molecule has 9 nitrogen and oxygen atoms in total. The number of carbonyl (C=O) groups excluding carboxylic acids is 1. The molecule has 36 heavy (non-hydrogen) atoms. The maximum absolute atomic E-state index is 13.6. The molecular weight excluding hydrogens is 468 g/mol. The smallest absolute Gasteiger partial charge is 0.324 e. The minimum absolute atomic E-state index is 0.000945. The first-order valence-electron chi connectivity index (χ1n) is 11.8. The molecule has 2 amide bonds. The van der Waals surface area contributed by atoms with Crippen LogP contribution < -0.4 is 4.90 Å². The molecular formula is C25H27F2N7O2. The highest BCUT2D eigenvalue weighted by molar-refractivity contribution is 5.92. The third-order valence-corrected chi connectivity index (χ3v) is 6.32. The number of carbonyl (C=O) groups is 1. The van der Waals surface area contributed by atoms with E-state index in [4.69, 9.17) is 4.42 Å². The molecule has 0 radical (unpaired) electrons. The predicted octanol–water partition coefficient (Wildman–Crippen LogP) is 4.47. The molecule has 0 atom stereocenters. The Hall–Kier alpha value is -3.86. The summed E-state index contributed by atoms with van der Waals surface area (Å²) in [5.74, 6) is -0.723. The molecule has 0 aliphatic carbocycles. The van der Waals surface area contributed by atoms with Crippen LogP contribution in [0, 0.1) is 0 Å². The lowest BCUT2D eigenvalue weighted by Crippen LogP contribution is -2.54. The van der Waals surface area contributed by atoms with E-state index < -0.39 is 12.3 Å². The SMILES string of the molecule is CC(C)N1CCN(C(=O)N(Cc2cn3ccc(-c4nnc(C(F)F)o4)cc3n2)c2ccccc2)CC1. The van der Waals surface area contributed by atoms with Crippen LogP contribution in [-0.2, 0) is 6.54 Å². The van der Waals surface area contributed by atoms with Gasteiger partial charge in [0.05, 0.1) is 12.2 Å². The quantitative estimate of drug-likeness (QED) is 0.392. The van der Waals surface area contributed by atoms with E-state index in [1.165, 1.54) is 0 Å². The largest absolute Gasteiger partial charge is 0.415 e. The zero-order valence-corrected chi connectivity index (χ0v) is 20.1. The summed E-state index contributed by atoms with van der Waals surface area (Å²) >= 11 is 0. The molecule has 1 aliphatic heterocycles. The van der Waals surface area contributed by atoms with Crippen molar-refractivity contribution in [2.75, 3.05) is 31.1 Å². The highest BCUT2D eigenvalue weighted by atomic mass is 19.3. The standard InChI is InChI=1S/C25H27F2N7O2/c1-17(2)31-10-12-32(13-11-31)25(35)34(20-6-4-3-5-7-20)16-19-15-33-9-8-18(14-21(33)28-19)23-29-30-24(36-23)22(26)27/h3-9,14-15,17,22H,10-13,16H2,1-2H3. The number of fused-ring (bicyclic) bond motifs is 1. The lowest BCUT2D eigenvalue weighted by Gasteiger charge is -2.39. The zero-order valence-electron chi connectivity index (χ0n) is 20.1. The van der Waals surface area contributed by atoms with Crippen molar-refractivity contribution < 1.29 is 18.0 Å². The summed E-state index contributed by atoms with van der Waals surface area (Å²) in [6.45, 7) is 7.62. The lowest BCUT2D eigenvalue weighted by molar-refractivity contribution is 0.116. The van der Waals surface area contributed by atoms with E-state index in [1.54, 1.807) is 27.6 Å². The van der Waals surface area contributed by atoms with E-state index in [1.807, 2.05) is 41.4 Å². The summed E-state index contributed by atoms with van der Waals surface area (Å²) < 4.78 is 32.5. The van der Waals surface area contributed by atoms with Gasteiger partial charge in [-0.3, -0.25) is 9.80 Å². The first-order chi connectivity index (χ1) is 17.4. The van der Waals surface area contributed by atoms with Crippen molar-refractivity contribution in [1.82, 2.24) is 29.4 Å². The monoisotopic (exact) mass is 495 g/mol. The number of amides is 2. The summed E-state index contributed by atoms with van der Waals surface area (Å²) in [7, 11) is 0. The predicted molar refractivity (Wildman–Crippen MR) is 130 cm³/mol. The van der Waals surface area contributed by atoms with Gasteiger partial charge in [-0.2, -0.15) is 8.78 Å². The van der Waals surface area contributed by atoms with Crippen LogP contribution in [-0.4, -0.2) is 67.6 Å². The van der Waals surface area contributed by atoms with Gasteiger partial charge in [0.15, 0.2) is 0 Å². The second kappa shape index (κ2) is 10.0. The summed E-state index contributed by atoms with van der Waals surface area (Å²) in [6, 6.07) is 13.3. The van der Waals surface area contributed by atoms with Gasteiger partial charge in [0.1, 0.15) is 5.65 Å². The minimum Gasteiger partial charge on any atom is -0.415 e. The van der Waals surface area contributed by atoms with Gasteiger partial charge in [-0.15, -0.1) is 10.2 Å². The number of rotatable bonds is 6. The first kappa shape index (κ1) is 23.9. The molecule has 3 aromatic heterocycles. The van der Waals surface area contributed by atoms with Gasteiger partial charge >= 0.3 is 12.5 Å². The van der Waals surface area contributed by atoms with Gasteiger partial charge in [-0.1, -0.05) is 18.2 Å². The highest BCUT2D eigenvalue weighted by Crippen LogP contribution is 2.25. The molecule has 0 spiro atoms. The maximum Gasteiger partial charge on any atom is 0.324 e. The molecule has 0 unspecified atom stereocenters. The number of imidazole rings is 1. The number of urea groups is 1. The molecule has 1 fully saturated rings. The number of halogens is 2. The number of alkyl halides is 2. The zero-order chi connectivity index (χ0) is 25.2. The van der Waals surface area contributed by atoms with Crippen LogP contribution in [0.3, 0.4) is 0 Å². The number of hydrogen-bond donors (Lipinski definition) is 0. The second-order valence-electron chi connectivity index (χ2n) is 8.98. The molecule has 4 aromatic rings. The number of aromatic nitrogens is 4. The van der Waals surface area contributed by atoms with Crippen LogP contribution in [0.4, 0.5) is 19.3 Å². The Labute approximate surface area is 207 Å². The van der Waals surface area contributed by atoms with Crippen molar-refractivity contribution in [3.8, 4) is 11.5 Å². The fourth-order valence-corrected chi connectivity index (χ4v) is 4.32. The van der Waals surface area contributed by atoms with Crippen molar-refractivity contribution in [1.29, 1.82) is 0 Å². The molecule has 1 saturated heterocycles. The number of pyridine rings is 1. The van der Waals surface area contributed by atoms with E-state index in [9.17, 15) is 13.6 Å². The topological polar surface area (TPSA) is 83.0 Å². The number of nitrogens with zero attached hydrogens (tertiary/aromatic N) is 7. The fraction of sp³-hybridized carbons (Fsp3) is 0.360. The van der Waals surface area contributed by atoms with Gasteiger partial charge in [-0.25, -0.2) is 9.78 Å². The average Bonchev–Trinajstić information content (AvgIpc) is 3.54. The Morgan fingerprint density at radius 1 is 1.08 bits per heavy atom. The minimum atomic E-state index is -2.83. The Kier molecular flexibility index (Phi) is 6.64. The van der Waals surface area contributed by atoms with Gasteiger partial charge < -0.3 is 13.7 Å². The number of anilines is 1. The third-order valence-electron chi connectivity index (χ3n) is 6.32. The highest BCUT2D eigenvalue weighted by Gasteiger charge is 2.28. The van der Waals surface area contributed by atoms with Crippen LogP contribution in [0.5, 0.6) is 0 Å². The van der Waals surface area contributed by atoms with Crippen LogP contribution in [0.15, 0.2) is 59.3 Å². The molecule has 1 aliphatic rings. The summed E-state index contributed by atoms with van der Waals surface area (Å²) in [4.78, 5) is 24.3. The van der Waals surface area contributed by atoms with E-state index >= 15 is 0 Å². The van der Waals surface area contributed by atoms with E-state index in [-0.39, 0.29) is 18.5 Å². The van der Waals surface area contributed by atoms with Crippen molar-refractivity contribution in [3.63, 3.8) is 0 Å². The van der Waals surface area contributed by atoms with Gasteiger partial charge in [-0.05, 0) is 38.1 Å². The molecule has 5 rings (SSSR count). The molecule has 188 valence electrons. The third kappa shape index (κ3) is 4.92. The molecule has 0 saturated carbocycles. The summed E-state index contributed by atoms with van der Waals surface area (Å²) in [6.07, 6.45) is 0.757. The lowest BCUT2D eigenvalue weighted by atomic mass is 10.2. The molecule has 11 heteroatoms.